The molecule has 1 rings (SSSR count). The molecule has 0 aliphatic carbocycles. The zero-order chi connectivity index (χ0) is 12.5. The van der Waals surface area contributed by atoms with Gasteiger partial charge < -0.3 is 9.84 Å². The number of benzene rings is 1. The van der Waals surface area contributed by atoms with Gasteiger partial charge in [-0.25, -0.2) is 0 Å². The Bertz CT molecular complexity index is 400. The van der Waals surface area contributed by atoms with Crippen LogP contribution in [0.25, 0.3) is 10.4 Å². The van der Waals surface area contributed by atoms with E-state index in [0.717, 1.165) is 5.56 Å². The van der Waals surface area contributed by atoms with Gasteiger partial charge in [0.2, 0.25) is 0 Å². The van der Waals surface area contributed by atoms with E-state index in [4.69, 9.17) is 15.4 Å². The average molecular weight is 235 g/mol. The SMILES string of the molecule is [N-]=[N+]=N[C@@H](CCOCc1ccccc1)C(=O)O. The largest absolute Gasteiger partial charge is 0.481 e. The molecule has 0 heterocycles. The Kier molecular flexibility index (Phi) is 5.57. The molecular weight excluding hydrogens is 222 g/mol. The van der Waals surface area contributed by atoms with E-state index in [0.29, 0.717) is 6.61 Å². The first-order chi connectivity index (χ1) is 8.24. The maximum atomic E-state index is 10.6. The second-order valence-electron chi connectivity index (χ2n) is 3.39. The fourth-order valence-electron chi connectivity index (χ4n) is 1.25. The molecule has 0 bridgehead atoms. The van der Waals surface area contributed by atoms with Crippen LogP contribution in [0.3, 0.4) is 0 Å². The van der Waals surface area contributed by atoms with Crippen LogP contribution in [0.15, 0.2) is 35.4 Å². The Morgan fingerprint density at radius 1 is 1.47 bits per heavy atom. The fourth-order valence-corrected chi connectivity index (χ4v) is 1.25. The predicted molar refractivity (Wildman–Crippen MR) is 61.3 cm³/mol. The summed E-state index contributed by atoms with van der Waals surface area (Å²) in [5, 5.41) is 11.9. The number of rotatable bonds is 7. The highest BCUT2D eigenvalue weighted by molar-refractivity contribution is 5.73. The molecule has 90 valence electrons. The predicted octanol–water partition coefficient (Wildman–Crippen LogP) is 2.36. The molecule has 6 heteroatoms. The molecule has 0 unspecified atom stereocenters. The number of nitrogens with zero attached hydrogens (tertiary/aromatic N) is 3. The normalized spacial score (nSPS) is 11.5. The van der Waals surface area contributed by atoms with Crippen molar-refractivity contribution >= 4 is 5.97 Å². The molecule has 0 amide bonds. The van der Waals surface area contributed by atoms with Gasteiger partial charge in [0, 0.05) is 11.5 Å². The molecule has 1 N–H and O–H groups in total. The van der Waals surface area contributed by atoms with Crippen molar-refractivity contribution < 1.29 is 14.6 Å². The van der Waals surface area contributed by atoms with Crippen LogP contribution in [0, 0.1) is 0 Å². The highest BCUT2D eigenvalue weighted by Gasteiger charge is 2.14. The van der Waals surface area contributed by atoms with Gasteiger partial charge in [-0.3, -0.25) is 4.79 Å². The highest BCUT2D eigenvalue weighted by atomic mass is 16.5. The van der Waals surface area contributed by atoms with Crippen molar-refractivity contribution in [3.63, 3.8) is 0 Å². The molecule has 1 aromatic carbocycles. The lowest BCUT2D eigenvalue weighted by Gasteiger charge is -2.06. The topological polar surface area (TPSA) is 95.3 Å². The number of carbonyl (C=O) groups is 1. The van der Waals surface area contributed by atoms with Gasteiger partial charge in [0.15, 0.2) is 0 Å². The van der Waals surface area contributed by atoms with Crippen LogP contribution < -0.4 is 0 Å². The Morgan fingerprint density at radius 2 is 2.18 bits per heavy atom. The van der Waals surface area contributed by atoms with Crippen molar-refractivity contribution in [3.8, 4) is 0 Å². The van der Waals surface area contributed by atoms with Gasteiger partial charge in [-0.1, -0.05) is 35.4 Å². The van der Waals surface area contributed by atoms with Crippen molar-refractivity contribution in [2.45, 2.75) is 19.1 Å². The molecular formula is C11H13N3O3. The standard InChI is InChI=1S/C11H13N3O3/c12-14-13-10(11(15)16)6-7-17-8-9-4-2-1-3-5-9/h1-5,10H,6-8H2,(H,15,16)/t10-/m0/s1. The van der Waals surface area contributed by atoms with E-state index in [-0.39, 0.29) is 13.0 Å². The lowest BCUT2D eigenvalue weighted by molar-refractivity contribution is -0.139. The molecule has 6 nitrogen and oxygen atoms in total. The van der Waals surface area contributed by atoms with E-state index in [1.165, 1.54) is 0 Å². The average Bonchev–Trinajstić information content (AvgIpc) is 2.34. The highest BCUT2D eigenvalue weighted by Crippen LogP contribution is 2.03. The minimum Gasteiger partial charge on any atom is -0.481 e. The quantitative estimate of drug-likeness (QED) is 0.340. The first kappa shape index (κ1) is 13.0. The Labute approximate surface area is 98.5 Å². The van der Waals surface area contributed by atoms with Crippen LogP contribution in [0.4, 0.5) is 0 Å². The number of carboxylic acid groups (broad SMARTS) is 1. The van der Waals surface area contributed by atoms with Crippen molar-refractivity contribution in [1.82, 2.24) is 0 Å². The molecule has 0 spiro atoms. The lowest BCUT2D eigenvalue weighted by Crippen LogP contribution is -2.19. The lowest BCUT2D eigenvalue weighted by atomic mass is 10.2. The van der Waals surface area contributed by atoms with Crippen LogP contribution >= 0.6 is 0 Å². The summed E-state index contributed by atoms with van der Waals surface area (Å²) >= 11 is 0. The summed E-state index contributed by atoms with van der Waals surface area (Å²) in [6, 6.07) is 8.49. The van der Waals surface area contributed by atoms with Gasteiger partial charge in [-0.05, 0) is 17.5 Å². The molecule has 0 aliphatic rings. The summed E-state index contributed by atoms with van der Waals surface area (Å²) in [7, 11) is 0. The Hall–Kier alpha value is -2.04. The zero-order valence-electron chi connectivity index (χ0n) is 9.19. The van der Waals surface area contributed by atoms with Crippen LogP contribution in [0.5, 0.6) is 0 Å². The third-order valence-electron chi connectivity index (χ3n) is 2.12. The van der Waals surface area contributed by atoms with Crippen LogP contribution in [-0.4, -0.2) is 23.7 Å². The zero-order valence-corrected chi connectivity index (χ0v) is 9.19. The van der Waals surface area contributed by atoms with E-state index in [1.54, 1.807) is 0 Å². The van der Waals surface area contributed by atoms with E-state index < -0.39 is 12.0 Å². The molecule has 0 aliphatic heterocycles. The van der Waals surface area contributed by atoms with Gasteiger partial charge in [0.05, 0.1) is 6.61 Å². The van der Waals surface area contributed by atoms with Gasteiger partial charge >= 0.3 is 5.97 Å². The molecule has 17 heavy (non-hydrogen) atoms. The maximum Gasteiger partial charge on any atom is 0.312 e. The van der Waals surface area contributed by atoms with Crippen molar-refractivity contribution in [3.05, 3.63) is 46.3 Å². The summed E-state index contributed by atoms with van der Waals surface area (Å²) in [6.45, 7) is 0.661. The molecule has 0 saturated heterocycles. The van der Waals surface area contributed by atoms with Gasteiger partial charge in [0.1, 0.15) is 6.04 Å². The fraction of sp³-hybridized carbons (Fsp3) is 0.364. The Balaban J connectivity index is 2.28. The molecule has 0 fully saturated rings. The van der Waals surface area contributed by atoms with Crippen molar-refractivity contribution in [2.75, 3.05) is 6.61 Å². The summed E-state index contributed by atoms with van der Waals surface area (Å²) < 4.78 is 5.30. The number of carboxylic acids is 1. The smallest absolute Gasteiger partial charge is 0.312 e. The Morgan fingerprint density at radius 3 is 2.76 bits per heavy atom. The van der Waals surface area contributed by atoms with E-state index >= 15 is 0 Å². The number of hydrogen-bond donors (Lipinski definition) is 1. The monoisotopic (exact) mass is 235 g/mol. The minimum absolute atomic E-state index is 0.173. The molecule has 1 aromatic rings. The van der Waals surface area contributed by atoms with Gasteiger partial charge in [-0.2, -0.15) is 0 Å². The third kappa shape index (κ3) is 5.01. The summed E-state index contributed by atoms with van der Waals surface area (Å²) in [5.41, 5.74) is 9.19. The molecule has 0 saturated carbocycles. The molecule has 0 aromatic heterocycles. The number of azide groups is 1. The van der Waals surface area contributed by atoms with Crippen LogP contribution in [-0.2, 0) is 16.1 Å². The number of aliphatic carboxylic acids is 1. The summed E-state index contributed by atoms with van der Waals surface area (Å²) in [5.74, 6) is -1.13. The number of ether oxygens (including phenoxy) is 1. The molecule has 0 radical (unpaired) electrons. The minimum atomic E-state index is -1.13. The summed E-state index contributed by atoms with van der Waals surface area (Å²) in [6.07, 6.45) is 0.173. The first-order valence-corrected chi connectivity index (χ1v) is 5.12. The van der Waals surface area contributed by atoms with Crippen LogP contribution in [0.1, 0.15) is 12.0 Å². The van der Waals surface area contributed by atoms with Crippen molar-refractivity contribution in [1.29, 1.82) is 0 Å². The molecule has 1 atom stereocenters. The van der Waals surface area contributed by atoms with E-state index in [9.17, 15) is 4.79 Å². The number of hydrogen-bond acceptors (Lipinski definition) is 3. The first-order valence-electron chi connectivity index (χ1n) is 5.12. The van der Waals surface area contributed by atoms with Gasteiger partial charge in [0.25, 0.3) is 0 Å². The van der Waals surface area contributed by atoms with Gasteiger partial charge in [-0.15, -0.1) is 0 Å². The maximum absolute atomic E-state index is 10.6. The second-order valence-corrected chi connectivity index (χ2v) is 3.39. The van der Waals surface area contributed by atoms with Crippen LogP contribution in [0.2, 0.25) is 0 Å². The third-order valence-corrected chi connectivity index (χ3v) is 2.12. The van der Waals surface area contributed by atoms with Crippen molar-refractivity contribution in [2.24, 2.45) is 5.11 Å². The second kappa shape index (κ2) is 7.27. The van der Waals surface area contributed by atoms with E-state index in [1.807, 2.05) is 30.3 Å². The summed E-state index contributed by atoms with van der Waals surface area (Å²) in [4.78, 5) is 13.1. The van der Waals surface area contributed by atoms with E-state index in [2.05, 4.69) is 10.0 Å².